The van der Waals surface area contributed by atoms with Crippen molar-refractivity contribution in [3.05, 3.63) is 59.5 Å². The first kappa shape index (κ1) is 22.1. The van der Waals surface area contributed by atoms with Crippen LogP contribution in [0, 0.1) is 0 Å². The smallest absolute Gasteiger partial charge is 0.244 e. The lowest BCUT2D eigenvalue weighted by Crippen LogP contribution is -2.53. The number of carbonyl (C=O) groups is 1. The molecule has 1 amide bonds. The lowest BCUT2D eigenvalue weighted by atomic mass is 10.0. The highest BCUT2D eigenvalue weighted by molar-refractivity contribution is 5.76. The molecule has 0 saturated carbocycles. The monoisotopic (exact) mass is 473 g/mol. The molecule has 0 radical (unpaired) electrons. The van der Waals surface area contributed by atoms with Gasteiger partial charge in [0.2, 0.25) is 11.9 Å². The average Bonchev–Trinajstić information content (AvgIpc) is 3.61. The van der Waals surface area contributed by atoms with Crippen LogP contribution in [-0.4, -0.2) is 61.8 Å². The molecule has 10 nitrogen and oxygen atoms in total. The average molecular weight is 474 g/mol. The molecule has 1 aliphatic carbocycles. The van der Waals surface area contributed by atoms with E-state index >= 15 is 0 Å². The number of rotatable bonds is 6. The Bertz CT molecular complexity index is 1180. The van der Waals surface area contributed by atoms with Crippen LogP contribution in [0.2, 0.25) is 0 Å². The van der Waals surface area contributed by atoms with Crippen molar-refractivity contribution >= 4 is 11.9 Å². The van der Waals surface area contributed by atoms with E-state index in [2.05, 4.69) is 62.9 Å². The molecule has 1 aromatic carbocycles. The Kier molecular flexibility index (Phi) is 5.93. The van der Waals surface area contributed by atoms with Gasteiger partial charge in [0, 0.05) is 48.8 Å². The first-order valence-electron chi connectivity index (χ1n) is 12.4. The Hall–Kier alpha value is -3.34. The number of hydrogen-bond donors (Lipinski definition) is 4. The Labute approximate surface area is 204 Å². The predicted molar refractivity (Wildman–Crippen MR) is 132 cm³/mol. The van der Waals surface area contributed by atoms with Crippen molar-refractivity contribution in [2.75, 3.05) is 18.4 Å². The Morgan fingerprint density at radius 3 is 2.60 bits per heavy atom. The van der Waals surface area contributed by atoms with E-state index in [1.807, 2.05) is 28.0 Å². The van der Waals surface area contributed by atoms with Crippen molar-refractivity contribution in [2.24, 2.45) is 0 Å². The summed E-state index contributed by atoms with van der Waals surface area (Å²) in [6, 6.07) is 11.5. The molecule has 2 fully saturated rings. The Morgan fingerprint density at radius 2 is 1.86 bits per heavy atom. The second kappa shape index (κ2) is 9.37. The minimum Gasteiger partial charge on any atom is -0.351 e. The number of benzene rings is 1. The van der Waals surface area contributed by atoms with Crippen molar-refractivity contribution < 1.29 is 4.79 Å². The second-order valence-electron chi connectivity index (χ2n) is 9.60. The molecule has 4 N–H and O–H groups in total. The number of anilines is 1. The molecule has 0 bridgehead atoms. The SMILES string of the molecule is CCc1cc(-c2cnc(NC3Cc4ccccc4C3)nc2)nn1CC(=O)N1CCC2NNNC2C1. The van der Waals surface area contributed by atoms with Gasteiger partial charge < -0.3 is 10.2 Å². The van der Waals surface area contributed by atoms with E-state index < -0.39 is 0 Å². The van der Waals surface area contributed by atoms with Gasteiger partial charge in [0.1, 0.15) is 6.54 Å². The predicted octanol–water partition coefficient (Wildman–Crippen LogP) is 1.06. The fourth-order valence-electron chi connectivity index (χ4n) is 5.35. The topological polar surface area (TPSA) is 112 Å². The zero-order chi connectivity index (χ0) is 23.8. The van der Waals surface area contributed by atoms with Crippen LogP contribution in [0.5, 0.6) is 0 Å². The number of carbonyl (C=O) groups excluding carboxylic acids is 1. The van der Waals surface area contributed by atoms with E-state index in [1.165, 1.54) is 11.1 Å². The number of aryl methyl sites for hydroxylation is 1. The Morgan fingerprint density at radius 1 is 1.11 bits per heavy atom. The summed E-state index contributed by atoms with van der Waals surface area (Å²) in [4.78, 5) is 24.0. The first-order chi connectivity index (χ1) is 17.2. The highest BCUT2D eigenvalue weighted by Crippen LogP contribution is 2.24. The third-order valence-corrected chi connectivity index (χ3v) is 7.32. The molecule has 4 heterocycles. The van der Waals surface area contributed by atoms with E-state index in [0.29, 0.717) is 24.6 Å². The molecular weight excluding hydrogens is 442 g/mol. The number of piperidine rings is 1. The molecule has 182 valence electrons. The van der Waals surface area contributed by atoms with Crippen LogP contribution in [0.15, 0.2) is 42.7 Å². The highest BCUT2D eigenvalue weighted by atomic mass is 16.2. The fraction of sp³-hybridized carbons (Fsp3) is 0.440. The molecule has 2 aromatic heterocycles. The summed E-state index contributed by atoms with van der Waals surface area (Å²) in [7, 11) is 0. The van der Waals surface area contributed by atoms with Gasteiger partial charge in [-0.3, -0.25) is 9.48 Å². The van der Waals surface area contributed by atoms with Crippen molar-refractivity contribution in [1.29, 1.82) is 0 Å². The Balaban J connectivity index is 1.11. The quantitative estimate of drug-likeness (QED) is 0.421. The van der Waals surface area contributed by atoms with Gasteiger partial charge in [-0.25, -0.2) is 20.8 Å². The van der Waals surface area contributed by atoms with Crippen LogP contribution in [0.3, 0.4) is 0 Å². The molecule has 2 saturated heterocycles. The number of hydrogen-bond acceptors (Lipinski definition) is 8. The largest absolute Gasteiger partial charge is 0.351 e. The molecule has 3 aromatic rings. The second-order valence-corrected chi connectivity index (χ2v) is 9.60. The van der Waals surface area contributed by atoms with Crippen LogP contribution in [0.1, 0.15) is 30.2 Å². The van der Waals surface area contributed by atoms with Crippen LogP contribution in [-0.2, 0) is 30.6 Å². The normalized spacial score (nSPS) is 21.7. The summed E-state index contributed by atoms with van der Waals surface area (Å²) in [6.07, 6.45) is 7.31. The molecule has 2 unspecified atom stereocenters. The van der Waals surface area contributed by atoms with E-state index in [1.54, 1.807) is 0 Å². The number of amides is 1. The fourth-order valence-corrected chi connectivity index (χ4v) is 5.35. The summed E-state index contributed by atoms with van der Waals surface area (Å²) in [6.45, 7) is 3.76. The summed E-state index contributed by atoms with van der Waals surface area (Å²) in [5.41, 5.74) is 14.8. The van der Waals surface area contributed by atoms with Gasteiger partial charge in [-0.15, -0.1) is 0 Å². The van der Waals surface area contributed by atoms with Crippen LogP contribution < -0.4 is 21.7 Å². The number of nitrogens with one attached hydrogen (secondary N) is 4. The standard InChI is InChI=1S/C25H31N9O/c1-2-20-11-22(31-34(20)15-24(35)33-8-7-21-23(14-33)30-32-29-21)18-12-26-25(27-13-18)28-19-9-16-5-3-4-6-17(16)10-19/h3-6,11-13,19,21,23,29-30,32H,2,7-10,14-15H2,1H3,(H,26,27,28). The van der Waals surface area contributed by atoms with Gasteiger partial charge in [-0.05, 0) is 42.9 Å². The van der Waals surface area contributed by atoms with E-state index in [9.17, 15) is 4.79 Å². The maximum atomic E-state index is 13.0. The zero-order valence-electron chi connectivity index (χ0n) is 19.9. The summed E-state index contributed by atoms with van der Waals surface area (Å²) in [5.74, 6) is 0.722. The minimum atomic E-state index is 0.0925. The van der Waals surface area contributed by atoms with Crippen LogP contribution in [0.25, 0.3) is 11.3 Å². The molecular formula is C25H31N9O. The maximum Gasteiger partial charge on any atom is 0.244 e. The third kappa shape index (κ3) is 4.52. The highest BCUT2D eigenvalue weighted by Gasteiger charge is 2.34. The summed E-state index contributed by atoms with van der Waals surface area (Å²) < 4.78 is 1.82. The van der Waals surface area contributed by atoms with Crippen LogP contribution in [0.4, 0.5) is 5.95 Å². The van der Waals surface area contributed by atoms with Gasteiger partial charge in [0.15, 0.2) is 0 Å². The van der Waals surface area contributed by atoms with Crippen molar-refractivity contribution in [1.82, 2.24) is 41.0 Å². The lowest BCUT2D eigenvalue weighted by molar-refractivity contribution is -0.133. The van der Waals surface area contributed by atoms with E-state index in [4.69, 9.17) is 5.10 Å². The molecule has 2 atom stereocenters. The molecule has 35 heavy (non-hydrogen) atoms. The third-order valence-electron chi connectivity index (χ3n) is 7.32. The van der Waals surface area contributed by atoms with Crippen molar-refractivity contribution in [3.63, 3.8) is 0 Å². The summed E-state index contributed by atoms with van der Waals surface area (Å²) in [5, 5.41) is 8.20. The molecule has 10 heteroatoms. The first-order valence-corrected chi connectivity index (χ1v) is 12.4. The van der Waals surface area contributed by atoms with Gasteiger partial charge in [-0.1, -0.05) is 31.2 Å². The van der Waals surface area contributed by atoms with Gasteiger partial charge in [0.25, 0.3) is 0 Å². The molecule has 2 aliphatic heterocycles. The zero-order valence-corrected chi connectivity index (χ0v) is 19.9. The number of fused-ring (bicyclic) bond motifs is 2. The van der Waals surface area contributed by atoms with Gasteiger partial charge in [0.05, 0.1) is 11.7 Å². The van der Waals surface area contributed by atoms with E-state index in [-0.39, 0.29) is 18.5 Å². The van der Waals surface area contributed by atoms with Gasteiger partial charge in [-0.2, -0.15) is 10.6 Å². The number of nitrogens with zero attached hydrogens (tertiary/aromatic N) is 5. The number of hydrazine groups is 2. The lowest BCUT2D eigenvalue weighted by Gasteiger charge is -2.33. The maximum absolute atomic E-state index is 13.0. The molecule has 0 spiro atoms. The number of likely N-dealkylation sites (tertiary alicyclic amines) is 1. The van der Waals surface area contributed by atoms with Crippen LogP contribution >= 0.6 is 0 Å². The summed E-state index contributed by atoms with van der Waals surface area (Å²) >= 11 is 0. The molecule has 6 rings (SSSR count). The van der Waals surface area contributed by atoms with E-state index in [0.717, 1.165) is 49.2 Å². The number of aromatic nitrogens is 4. The van der Waals surface area contributed by atoms with Crippen molar-refractivity contribution in [2.45, 2.75) is 57.3 Å². The minimum absolute atomic E-state index is 0.0925. The van der Waals surface area contributed by atoms with Crippen molar-refractivity contribution in [3.8, 4) is 11.3 Å². The molecule has 3 aliphatic rings. The van der Waals surface area contributed by atoms with Gasteiger partial charge >= 0.3 is 0 Å².